The number of hydrogen-bond acceptors (Lipinski definition) is 3. The first-order chi connectivity index (χ1) is 12.7. The lowest BCUT2D eigenvalue weighted by Gasteiger charge is -2.09. The molecule has 0 aliphatic heterocycles. The van der Waals surface area contributed by atoms with E-state index in [1.54, 1.807) is 0 Å². The van der Waals surface area contributed by atoms with Gasteiger partial charge in [-0.25, -0.2) is 0 Å². The summed E-state index contributed by atoms with van der Waals surface area (Å²) in [7, 11) is 0. The predicted molar refractivity (Wildman–Crippen MR) is 106 cm³/mol. The molecule has 5 heteroatoms. The highest BCUT2D eigenvalue weighted by atomic mass is 16.5. The quantitative estimate of drug-likeness (QED) is 0.519. The fourth-order valence-corrected chi connectivity index (χ4v) is 2.40. The normalized spacial score (nSPS) is 11.2. The molecule has 0 saturated carbocycles. The molecule has 0 aliphatic carbocycles. The van der Waals surface area contributed by atoms with Crippen molar-refractivity contribution in [1.29, 1.82) is 0 Å². The first-order valence-corrected chi connectivity index (χ1v) is 8.50. The van der Waals surface area contributed by atoms with Crippen LogP contribution in [-0.2, 0) is 6.42 Å². The number of aliphatic imine (C=N–C) groups is 1. The maximum Gasteiger partial charge on any atom is 0.193 e. The van der Waals surface area contributed by atoms with E-state index in [-0.39, 0.29) is 0 Å². The van der Waals surface area contributed by atoms with E-state index in [4.69, 9.17) is 10.5 Å². The van der Waals surface area contributed by atoms with Gasteiger partial charge in [-0.1, -0.05) is 30.3 Å². The van der Waals surface area contributed by atoms with Gasteiger partial charge < -0.3 is 15.8 Å². The van der Waals surface area contributed by atoms with E-state index in [1.165, 1.54) is 0 Å². The highest BCUT2D eigenvalue weighted by Crippen LogP contribution is 2.23. The van der Waals surface area contributed by atoms with E-state index in [9.17, 15) is 0 Å². The standard InChI is InChI=1S/C21H22N4O/c1-16-10-11-17(15-24-16)12-13-23-21(22)25-18-6-5-9-20(14-18)26-19-7-3-2-4-8-19/h2-11,14-15H,12-13H2,1H3,(H3,22,23,25). The number of ether oxygens (including phenoxy) is 1. The fraction of sp³-hybridized carbons (Fsp3) is 0.143. The third-order valence-electron chi connectivity index (χ3n) is 3.74. The molecule has 1 aromatic heterocycles. The number of anilines is 1. The van der Waals surface area contributed by atoms with Crippen LogP contribution >= 0.6 is 0 Å². The second-order valence-electron chi connectivity index (χ2n) is 5.89. The van der Waals surface area contributed by atoms with Gasteiger partial charge in [-0.2, -0.15) is 0 Å². The van der Waals surface area contributed by atoms with Crippen LogP contribution in [0.15, 0.2) is 77.9 Å². The summed E-state index contributed by atoms with van der Waals surface area (Å²) in [6.07, 6.45) is 2.67. The predicted octanol–water partition coefficient (Wildman–Crippen LogP) is 4.15. The minimum absolute atomic E-state index is 0.377. The van der Waals surface area contributed by atoms with Crippen molar-refractivity contribution >= 4 is 11.6 Å². The molecule has 26 heavy (non-hydrogen) atoms. The number of benzene rings is 2. The molecule has 0 bridgehead atoms. The van der Waals surface area contributed by atoms with Gasteiger partial charge in [0.2, 0.25) is 0 Å². The molecule has 0 fully saturated rings. The minimum Gasteiger partial charge on any atom is -0.457 e. The molecule has 0 spiro atoms. The van der Waals surface area contributed by atoms with Crippen LogP contribution in [0.5, 0.6) is 11.5 Å². The number of hydrogen-bond donors (Lipinski definition) is 2. The van der Waals surface area contributed by atoms with Crippen LogP contribution in [0, 0.1) is 6.92 Å². The second-order valence-corrected chi connectivity index (χ2v) is 5.89. The Morgan fingerprint density at radius 2 is 1.85 bits per heavy atom. The van der Waals surface area contributed by atoms with Gasteiger partial charge in [0, 0.05) is 30.2 Å². The van der Waals surface area contributed by atoms with Gasteiger partial charge in [0.05, 0.1) is 0 Å². The van der Waals surface area contributed by atoms with Crippen LogP contribution in [0.2, 0.25) is 0 Å². The number of aryl methyl sites for hydroxylation is 1. The topological polar surface area (TPSA) is 72.5 Å². The number of para-hydroxylation sites is 1. The lowest BCUT2D eigenvalue weighted by molar-refractivity contribution is 0.483. The van der Waals surface area contributed by atoms with Crippen molar-refractivity contribution in [3.05, 3.63) is 84.2 Å². The average molecular weight is 346 g/mol. The minimum atomic E-state index is 0.377. The maximum absolute atomic E-state index is 5.98. The molecule has 3 rings (SSSR count). The van der Waals surface area contributed by atoms with Crippen LogP contribution in [0.3, 0.4) is 0 Å². The van der Waals surface area contributed by atoms with Crippen LogP contribution in [0.4, 0.5) is 5.69 Å². The third kappa shape index (κ3) is 5.34. The molecule has 3 aromatic rings. The molecule has 3 N–H and O–H groups in total. The summed E-state index contributed by atoms with van der Waals surface area (Å²) >= 11 is 0. The van der Waals surface area contributed by atoms with Crippen LogP contribution < -0.4 is 15.8 Å². The van der Waals surface area contributed by atoms with Crippen molar-refractivity contribution < 1.29 is 4.74 Å². The Labute approximate surface area is 153 Å². The van der Waals surface area contributed by atoms with Gasteiger partial charge in [-0.05, 0) is 49.2 Å². The number of nitrogens with zero attached hydrogens (tertiary/aromatic N) is 2. The lowest BCUT2D eigenvalue weighted by atomic mass is 10.2. The smallest absolute Gasteiger partial charge is 0.193 e. The molecule has 0 amide bonds. The summed E-state index contributed by atoms with van der Waals surface area (Å²) in [5, 5.41) is 3.10. The summed E-state index contributed by atoms with van der Waals surface area (Å²) in [5.74, 6) is 1.90. The molecule has 2 aromatic carbocycles. The summed E-state index contributed by atoms with van der Waals surface area (Å²) in [5.41, 5.74) is 8.96. The lowest BCUT2D eigenvalue weighted by Crippen LogP contribution is -2.23. The van der Waals surface area contributed by atoms with Gasteiger partial charge in [-0.3, -0.25) is 9.98 Å². The van der Waals surface area contributed by atoms with E-state index in [1.807, 2.05) is 73.8 Å². The maximum atomic E-state index is 5.98. The number of guanidine groups is 1. The summed E-state index contributed by atoms with van der Waals surface area (Å²) in [6, 6.07) is 21.3. The first-order valence-electron chi connectivity index (χ1n) is 8.50. The third-order valence-corrected chi connectivity index (χ3v) is 3.74. The number of aromatic nitrogens is 1. The molecule has 5 nitrogen and oxygen atoms in total. The van der Waals surface area contributed by atoms with Crippen LogP contribution in [0.25, 0.3) is 0 Å². The zero-order valence-corrected chi connectivity index (χ0v) is 14.7. The summed E-state index contributed by atoms with van der Waals surface area (Å²) in [6.45, 7) is 2.57. The molecule has 1 heterocycles. The van der Waals surface area contributed by atoms with Crippen molar-refractivity contribution in [3.8, 4) is 11.5 Å². The van der Waals surface area contributed by atoms with Crippen molar-refractivity contribution in [2.45, 2.75) is 13.3 Å². The Hall–Kier alpha value is -3.34. The van der Waals surface area contributed by atoms with Crippen molar-refractivity contribution in [2.75, 3.05) is 11.9 Å². The van der Waals surface area contributed by atoms with E-state index in [0.717, 1.165) is 34.9 Å². The number of pyridine rings is 1. The van der Waals surface area contributed by atoms with E-state index in [2.05, 4.69) is 21.4 Å². The van der Waals surface area contributed by atoms with Crippen LogP contribution in [-0.4, -0.2) is 17.5 Å². The Morgan fingerprint density at radius 3 is 2.62 bits per heavy atom. The van der Waals surface area contributed by atoms with Crippen molar-refractivity contribution in [2.24, 2.45) is 10.7 Å². The highest BCUT2D eigenvalue weighted by Gasteiger charge is 2.00. The second kappa shape index (κ2) is 8.67. The first kappa shape index (κ1) is 17.5. The molecule has 0 unspecified atom stereocenters. The number of nitrogens with two attached hydrogens (primary N) is 1. The Kier molecular flexibility index (Phi) is 5.83. The van der Waals surface area contributed by atoms with Crippen LogP contribution in [0.1, 0.15) is 11.3 Å². The molecule has 0 saturated heterocycles. The Morgan fingerprint density at radius 1 is 1.04 bits per heavy atom. The van der Waals surface area contributed by atoms with Crippen molar-refractivity contribution in [3.63, 3.8) is 0 Å². The molecule has 0 atom stereocenters. The van der Waals surface area contributed by atoms with E-state index >= 15 is 0 Å². The molecular formula is C21H22N4O. The largest absolute Gasteiger partial charge is 0.457 e. The monoisotopic (exact) mass is 346 g/mol. The van der Waals surface area contributed by atoms with Crippen molar-refractivity contribution in [1.82, 2.24) is 4.98 Å². The molecular weight excluding hydrogens is 324 g/mol. The number of rotatable bonds is 6. The van der Waals surface area contributed by atoms with E-state index in [0.29, 0.717) is 12.5 Å². The highest BCUT2D eigenvalue weighted by molar-refractivity contribution is 5.92. The molecule has 0 radical (unpaired) electrons. The van der Waals surface area contributed by atoms with Gasteiger partial charge in [0.15, 0.2) is 5.96 Å². The SMILES string of the molecule is Cc1ccc(CCN=C(N)Nc2cccc(Oc3ccccc3)c2)cn1. The van der Waals surface area contributed by atoms with Gasteiger partial charge in [0.1, 0.15) is 11.5 Å². The molecule has 0 aliphatic rings. The van der Waals surface area contributed by atoms with Gasteiger partial charge in [0.25, 0.3) is 0 Å². The summed E-state index contributed by atoms with van der Waals surface area (Å²) < 4.78 is 5.82. The zero-order chi connectivity index (χ0) is 18.2. The Balaban J connectivity index is 1.55. The average Bonchev–Trinajstić information content (AvgIpc) is 2.64. The van der Waals surface area contributed by atoms with E-state index < -0.39 is 0 Å². The molecule has 132 valence electrons. The van der Waals surface area contributed by atoms with Gasteiger partial charge in [-0.15, -0.1) is 0 Å². The van der Waals surface area contributed by atoms with Gasteiger partial charge >= 0.3 is 0 Å². The number of nitrogens with one attached hydrogen (secondary N) is 1. The summed E-state index contributed by atoms with van der Waals surface area (Å²) in [4.78, 5) is 8.64. The Bertz CT molecular complexity index is 861. The zero-order valence-electron chi connectivity index (χ0n) is 14.7. The fourth-order valence-electron chi connectivity index (χ4n) is 2.40.